The van der Waals surface area contributed by atoms with E-state index in [1.807, 2.05) is 30.0 Å². The van der Waals surface area contributed by atoms with Crippen LogP contribution in [-0.4, -0.2) is 48.6 Å². The van der Waals surface area contributed by atoms with E-state index >= 15 is 0 Å². The third kappa shape index (κ3) is 3.58. The van der Waals surface area contributed by atoms with E-state index < -0.39 is 0 Å². The van der Waals surface area contributed by atoms with Crippen LogP contribution in [0.4, 0.5) is 0 Å². The minimum atomic E-state index is -0.382. The predicted molar refractivity (Wildman–Crippen MR) is 95.9 cm³/mol. The zero-order chi connectivity index (χ0) is 16.1. The predicted octanol–water partition coefficient (Wildman–Crippen LogP) is 3.48. The number of thioether (sulfide) groups is 1. The minimum absolute atomic E-state index is 0.327. The maximum Gasteiger partial charge on any atom is 0.233 e. The lowest BCUT2D eigenvalue weighted by molar-refractivity contribution is -0.141. The Morgan fingerprint density at radius 3 is 2.65 bits per heavy atom. The Labute approximate surface area is 143 Å². The number of amides is 1. The summed E-state index contributed by atoms with van der Waals surface area (Å²) in [6, 6.07) is 10.4. The summed E-state index contributed by atoms with van der Waals surface area (Å²) in [6.07, 6.45) is 7.36. The molecule has 0 spiro atoms. The van der Waals surface area contributed by atoms with Gasteiger partial charge in [-0.05, 0) is 37.5 Å². The number of ether oxygens (including phenoxy) is 1. The van der Waals surface area contributed by atoms with Gasteiger partial charge in [0.25, 0.3) is 0 Å². The third-order valence-corrected chi connectivity index (χ3v) is 6.38. The molecule has 2 fully saturated rings. The van der Waals surface area contributed by atoms with Crippen LogP contribution in [-0.2, 0) is 14.9 Å². The van der Waals surface area contributed by atoms with Crippen molar-refractivity contribution in [3.8, 4) is 0 Å². The molecule has 1 aromatic rings. The summed E-state index contributed by atoms with van der Waals surface area (Å²) in [5.41, 5.74) is 0.783. The standard InChI is InChI=1S/C19H27NO2S/c1-23-17-9-5-6-12-20(15-17)18(21)19(10-13-22-14-11-19)16-7-3-2-4-8-16/h2-4,7-8,17H,5-6,9-15H2,1H3/t17-/m0/s1. The molecule has 0 aromatic heterocycles. The highest BCUT2D eigenvalue weighted by atomic mass is 32.2. The summed E-state index contributed by atoms with van der Waals surface area (Å²) in [4.78, 5) is 15.7. The second-order valence-electron chi connectivity index (χ2n) is 6.67. The van der Waals surface area contributed by atoms with E-state index in [0.29, 0.717) is 24.4 Å². The van der Waals surface area contributed by atoms with Crippen LogP contribution in [0.3, 0.4) is 0 Å². The molecule has 1 amide bonds. The van der Waals surface area contributed by atoms with E-state index in [1.165, 1.54) is 18.4 Å². The van der Waals surface area contributed by atoms with Gasteiger partial charge in [0.2, 0.25) is 5.91 Å². The molecule has 1 aromatic carbocycles. The Morgan fingerprint density at radius 2 is 1.96 bits per heavy atom. The van der Waals surface area contributed by atoms with Crippen molar-refractivity contribution in [3.63, 3.8) is 0 Å². The highest BCUT2D eigenvalue weighted by Gasteiger charge is 2.44. The van der Waals surface area contributed by atoms with E-state index in [-0.39, 0.29) is 5.41 Å². The van der Waals surface area contributed by atoms with Gasteiger partial charge in [-0.3, -0.25) is 4.79 Å². The third-order valence-electron chi connectivity index (χ3n) is 5.33. The first-order valence-electron chi connectivity index (χ1n) is 8.72. The number of carbonyl (C=O) groups is 1. The first-order chi connectivity index (χ1) is 11.3. The number of hydrogen-bond donors (Lipinski definition) is 0. The molecule has 4 heteroatoms. The van der Waals surface area contributed by atoms with Crippen molar-refractivity contribution in [2.75, 3.05) is 32.6 Å². The van der Waals surface area contributed by atoms with Gasteiger partial charge in [0.05, 0.1) is 5.41 Å². The highest BCUT2D eigenvalue weighted by Crippen LogP contribution is 2.37. The first-order valence-corrected chi connectivity index (χ1v) is 10.0. The van der Waals surface area contributed by atoms with Gasteiger partial charge >= 0.3 is 0 Å². The fraction of sp³-hybridized carbons (Fsp3) is 0.632. The molecule has 1 atom stereocenters. The summed E-state index contributed by atoms with van der Waals surface area (Å²) in [6.45, 7) is 3.17. The SMILES string of the molecule is CS[C@H]1CCCCN(C(=O)C2(c3ccccc3)CCOCC2)C1. The van der Waals surface area contributed by atoms with Crippen molar-refractivity contribution in [2.24, 2.45) is 0 Å². The van der Waals surface area contributed by atoms with E-state index in [2.05, 4.69) is 23.3 Å². The van der Waals surface area contributed by atoms with Crippen LogP contribution >= 0.6 is 11.8 Å². The summed E-state index contributed by atoms with van der Waals surface area (Å²) in [5.74, 6) is 0.327. The summed E-state index contributed by atoms with van der Waals surface area (Å²) in [7, 11) is 0. The number of rotatable bonds is 3. The molecule has 2 aliphatic rings. The molecule has 0 unspecified atom stereocenters. The van der Waals surface area contributed by atoms with Crippen molar-refractivity contribution in [1.82, 2.24) is 4.90 Å². The summed E-state index contributed by atoms with van der Waals surface area (Å²) in [5, 5.41) is 0.578. The Bertz CT molecular complexity index is 513. The lowest BCUT2D eigenvalue weighted by atomic mass is 9.73. The van der Waals surface area contributed by atoms with Crippen molar-refractivity contribution in [3.05, 3.63) is 35.9 Å². The average molecular weight is 333 g/mol. The van der Waals surface area contributed by atoms with Gasteiger partial charge in [0.1, 0.15) is 0 Å². The van der Waals surface area contributed by atoms with Crippen LogP contribution < -0.4 is 0 Å². The molecule has 2 aliphatic heterocycles. The summed E-state index contributed by atoms with van der Waals surface area (Å²) >= 11 is 1.90. The molecule has 3 nitrogen and oxygen atoms in total. The Hall–Kier alpha value is -1.00. The van der Waals surface area contributed by atoms with Gasteiger partial charge in [-0.2, -0.15) is 11.8 Å². The normalized spacial score (nSPS) is 24.9. The fourth-order valence-electron chi connectivity index (χ4n) is 3.89. The molecule has 2 saturated heterocycles. The second kappa shape index (κ2) is 7.71. The van der Waals surface area contributed by atoms with Crippen LogP contribution in [0.2, 0.25) is 0 Å². The molecule has 23 heavy (non-hydrogen) atoms. The zero-order valence-electron chi connectivity index (χ0n) is 14.0. The number of hydrogen-bond acceptors (Lipinski definition) is 3. The van der Waals surface area contributed by atoms with E-state index in [0.717, 1.165) is 32.4 Å². The van der Waals surface area contributed by atoms with Gasteiger partial charge in [0, 0.05) is 31.6 Å². The zero-order valence-corrected chi connectivity index (χ0v) is 14.8. The maximum absolute atomic E-state index is 13.6. The molecule has 0 saturated carbocycles. The Morgan fingerprint density at radius 1 is 1.22 bits per heavy atom. The van der Waals surface area contributed by atoms with E-state index in [1.54, 1.807) is 0 Å². The van der Waals surface area contributed by atoms with Gasteiger partial charge in [-0.15, -0.1) is 0 Å². The Kier molecular flexibility index (Phi) is 5.65. The number of carbonyl (C=O) groups excluding carboxylic acids is 1. The van der Waals surface area contributed by atoms with E-state index in [4.69, 9.17) is 4.74 Å². The smallest absolute Gasteiger partial charge is 0.233 e. The van der Waals surface area contributed by atoms with Crippen LogP contribution in [0.5, 0.6) is 0 Å². The monoisotopic (exact) mass is 333 g/mol. The molecule has 0 radical (unpaired) electrons. The number of benzene rings is 1. The largest absolute Gasteiger partial charge is 0.381 e. The molecule has 0 N–H and O–H groups in total. The first kappa shape index (κ1) is 16.8. The van der Waals surface area contributed by atoms with Crippen LogP contribution in [0, 0.1) is 0 Å². The lowest BCUT2D eigenvalue weighted by Gasteiger charge is -2.40. The minimum Gasteiger partial charge on any atom is -0.381 e. The molecular formula is C19H27NO2S. The molecule has 2 heterocycles. The molecule has 126 valence electrons. The quantitative estimate of drug-likeness (QED) is 0.848. The van der Waals surface area contributed by atoms with Crippen molar-refractivity contribution in [1.29, 1.82) is 0 Å². The van der Waals surface area contributed by atoms with Gasteiger partial charge in [-0.25, -0.2) is 0 Å². The Balaban J connectivity index is 1.88. The maximum atomic E-state index is 13.6. The second-order valence-corrected chi connectivity index (χ2v) is 7.80. The number of likely N-dealkylation sites (tertiary alicyclic amines) is 1. The average Bonchev–Trinajstić information content (AvgIpc) is 2.88. The van der Waals surface area contributed by atoms with Crippen molar-refractivity contribution in [2.45, 2.75) is 42.8 Å². The number of nitrogens with zero attached hydrogens (tertiary/aromatic N) is 1. The molecule has 3 rings (SSSR count). The molecule has 0 bridgehead atoms. The fourth-order valence-corrected chi connectivity index (χ4v) is 4.62. The van der Waals surface area contributed by atoms with Crippen LogP contribution in [0.15, 0.2) is 30.3 Å². The van der Waals surface area contributed by atoms with Crippen molar-refractivity contribution >= 4 is 17.7 Å². The van der Waals surface area contributed by atoms with Crippen molar-refractivity contribution < 1.29 is 9.53 Å². The highest BCUT2D eigenvalue weighted by molar-refractivity contribution is 7.99. The van der Waals surface area contributed by atoms with Gasteiger partial charge in [-0.1, -0.05) is 36.8 Å². The topological polar surface area (TPSA) is 29.5 Å². The van der Waals surface area contributed by atoms with Gasteiger partial charge in [0.15, 0.2) is 0 Å². The van der Waals surface area contributed by atoms with Crippen LogP contribution in [0.1, 0.15) is 37.7 Å². The summed E-state index contributed by atoms with van der Waals surface area (Å²) < 4.78 is 5.58. The van der Waals surface area contributed by atoms with Gasteiger partial charge < -0.3 is 9.64 Å². The molecular weight excluding hydrogens is 306 g/mol. The van der Waals surface area contributed by atoms with Crippen LogP contribution in [0.25, 0.3) is 0 Å². The van der Waals surface area contributed by atoms with E-state index in [9.17, 15) is 4.79 Å². The molecule has 0 aliphatic carbocycles. The lowest BCUT2D eigenvalue weighted by Crippen LogP contribution is -2.51.